The van der Waals surface area contributed by atoms with Gasteiger partial charge in [0.1, 0.15) is 0 Å². The highest BCUT2D eigenvalue weighted by molar-refractivity contribution is 5.89. The van der Waals surface area contributed by atoms with Gasteiger partial charge in [-0.15, -0.1) is 0 Å². The highest BCUT2D eigenvalue weighted by Gasteiger charge is 2.13. The molecule has 58 valence electrons. The fourth-order valence-corrected chi connectivity index (χ4v) is 0.689. The Balaban J connectivity index is 3.81. The lowest BCUT2D eigenvalue weighted by molar-refractivity contribution is -0.116. The zero-order valence-corrected chi connectivity index (χ0v) is 6.85. The van der Waals surface area contributed by atoms with Gasteiger partial charge in [0.05, 0.1) is 0 Å². The molecule has 0 aliphatic heterocycles. The first-order chi connectivity index (χ1) is 4.45. The van der Waals surface area contributed by atoms with E-state index in [1.165, 1.54) is 12.3 Å². The number of carbonyl (C=O) groups is 1. The van der Waals surface area contributed by atoms with Crippen molar-refractivity contribution in [3.8, 4) is 0 Å². The summed E-state index contributed by atoms with van der Waals surface area (Å²) < 4.78 is 0. The van der Waals surface area contributed by atoms with Crippen LogP contribution in [0.25, 0.3) is 0 Å². The van der Waals surface area contributed by atoms with Crippen molar-refractivity contribution in [1.29, 1.82) is 0 Å². The van der Waals surface area contributed by atoms with Crippen molar-refractivity contribution >= 4 is 5.78 Å². The van der Waals surface area contributed by atoms with E-state index in [0.29, 0.717) is 6.42 Å². The van der Waals surface area contributed by atoms with E-state index in [1.54, 1.807) is 0 Å². The van der Waals surface area contributed by atoms with Gasteiger partial charge in [-0.3, -0.25) is 4.79 Å². The van der Waals surface area contributed by atoms with Gasteiger partial charge in [-0.2, -0.15) is 0 Å². The number of hydrogen-bond donors (Lipinski definition) is 1. The van der Waals surface area contributed by atoms with E-state index in [4.69, 9.17) is 5.73 Å². The second-order valence-corrected chi connectivity index (χ2v) is 3.56. The molecule has 2 N–H and O–H groups in total. The van der Waals surface area contributed by atoms with E-state index in [-0.39, 0.29) is 11.2 Å². The van der Waals surface area contributed by atoms with Gasteiger partial charge in [0.25, 0.3) is 0 Å². The molecule has 0 atom stereocenters. The molecule has 2 heteroatoms. The van der Waals surface area contributed by atoms with Gasteiger partial charge in [0.15, 0.2) is 5.78 Å². The maximum absolute atomic E-state index is 10.9. The van der Waals surface area contributed by atoms with Crippen molar-refractivity contribution in [1.82, 2.24) is 0 Å². The number of ketones is 1. The predicted octanol–water partition coefficient (Wildman–Crippen LogP) is 1.46. The Morgan fingerprint density at radius 1 is 1.50 bits per heavy atom. The molecule has 0 fully saturated rings. The van der Waals surface area contributed by atoms with Crippen molar-refractivity contribution in [2.75, 3.05) is 0 Å². The summed E-state index contributed by atoms with van der Waals surface area (Å²) in [6.45, 7) is 6.07. The number of carbonyl (C=O) groups excluding carboxylic acids is 1. The van der Waals surface area contributed by atoms with Crippen LogP contribution in [0.4, 0.5) is 0 Å². The van der Waals surface area contributed by atoms with Crippen molar-refractivity contribution in [3.63, 3.8) is 0 Å². The predicted molar refractivity (Wildman–Crippen MR) is 42.4 cm³/mol. The maximum atomic E-state index is 10.9. The molecule has 0 unspecified atom stereocenters. The fourth-order valence-electron chi connectivity index (χ4n) is 0.689. The molecule has 0 saturated heterocycles. The van der Waals surface area contributed by atoms with E-state index in [2.05, 4.69) is 0 Å². The van der Waals surface area contributed by atoms with Crippen LogP contribution in [0.1, 0.15) is 27.2 Å². The average molecular weight is 141 g/mol. The van der Waals surface area contributed by atoms with Crippen LogP contribution in [-0.2, 0) is 4.79 Å². The van der Waals surface area contributed by atoms with E-state index in [1.807, 2.05) is 20.8 Å². The zero-order valence-electron chi connectivity index (χ0n) is 6.85. The Morgan fingerprint density at radius 2 is 2.00 bits per heavy atom. The van der Waals surface area contributed by atoms with Crippen LogP contribution < -0.4 is 5.73 Å². The highest BCUT2D eigenvalue weighted by atomic mass is 16.1. The van der Waals surface area contributed by atoms with E-state index in [9.17, 15) is 4.79 Å². The van der Waals surface area contributed by atoms with Crippen molar-refractivity contribution in [3.05, 3.63) is 12.3 Å². The monoisotopic (exact) mass is 141 g/mol. The molecule has 10 heavy (non-hydrogen) atoms. The van der Waals surface area contributed by atoms with Crippen LogP contribution in [0.15, 0.2) is 12.3 Å². The Kier molecular flexibility index (Phi) is 3.13. The SMILES string of the molecule is CC(C)(C)CC(=O)/C=C/N. The third-order valence-corrected chi connectivity index (χ3v) is 0.987. The van der Waals surface area contributed by atoms with Crippen LogP contribution in [0.3, 0.4) is 0 Å². The van der Waals surface area contributed by atoms with Gasteiger partial charge in [0.2, 0.25) is 0 Å². The topological polar surface area (TPSA) is 43.1 Å². The minimum Gasteiger partial charge on any atom is -0.404 e. The molecule has 0 aliphatic carbocycles. The summed E-state index contributed by atoms with van der Waals surface area (Å²) in [6.07, 6.45) is 3.25. The van der Waals surface area contributed by atoms with Gasteiger partial charge in [-0.25, -0.2) is 0 Å². The molecule has 0 aliphatic rings. The number of rotatable bonds is 2. The van der Waals surface area contributed by atoms with Crippen molar-refractivity contribution < 1.29 is 4.79 Å². The number of nitrogens with two attached hydrogens (primary N) is 1. The lowest BCUT2D eigenvalue weighted by Gasteiger charge is -2.14. The molecule has 2 nitrogen and oxygen atoms in total. The first-order valence-corrected chi connectivity index (χ1v) is 3.37. The summed E-state index contributed by atoms with van der Waals surface area (Å²) in [5, 5.41) is 0. The Labute approximate surface area is 62.1 Å². The van der Waals surface area contributed by atoms with E-state index < -0.39 is 0 Å². The molecule has 0 aromatic carbocycles. The summed E-state index contributed by atoms with van der Waals surface area (Å²) in [5.74, 6) is 0.0926. The normalized spacial score (nSPS) is 12.3. The highest BCUT2D eigenvalue weighted by Crippen LogP contribution is 2.18. The molecule has 0 aromatic rings. The summed E-state index contributed by atoms with van der Waals surface area (Å²) >= 11 is 0. The number of hydrogen-bond acceptors (Lipinski definition) is 2. The van der Waals surface area contributed by atoms with Crippen LogP contribution in [0.5, 0.6) is 0 Å². The first kappa shape index (κ1) is 9.21. The molecule has 0 radical (unpaired) electrons. The van der Waals surface area contributed by atoms with Crippen LogP contribution >= 0.6 is 0 Å². The lowest BCUT2D eigenvalue weighted by atomic mass is 9.90. The van der Waals surface area contributed by atoms with Gasteiger partial charge in [-0.05, 0) is 17.7 Å². The summed E-state index contributed by atoms with van der Waals surface area (Å²) in [6, 6.07) is 0. The van der Waals surface area contributed by atoms with Gasteiger partial charge < -0.3 is 5.73 Å². The van der Waals surface area contributed by atoms with Crippen LogP contribution in [-0.4, -0.2) is 5.78 Å². The third-order valence-electron chi connectivity index (χ3n) is 0.987. The van der Waals surface area contributed by atoms with Gasteiger partial charge in [-0.1, -0.05) is 20.8 Å². The lowest BCUT2D eigenvalue weighted by Crippen LogP contribution is -2.11. The molecule has 0 saturated carbocycles. The Bertz CT molecular complexity index is 142. The Hall–Kier alpha value is -0.790. The second kappa shape index (κ2) is 3.40. The molecular formula is C8H15NO. The smallest absolute Gasteiger partial charge is 0.157 e. The summed E-state index contributed by atoms with van der Waals surface area (Å²) in [4.78, 5) is 10.9. The third kappa shape index (κ3) is 5.35. The molecule has 0 aromatic heterocycles. The largest absolute Gasteiger partial charge is 0.404 e. The van der Waals surface area contributed by atoms with Gasteiger partial charge in [0, 0.05) is 6.42 Å². The fraction of sp³-hybridized carbons (Fsp3) is 0.625. The van der Waals surface area contributed by atoms with Crippen molar-refractivity contribution in [2.45, 2.75) is 27.2 Å². The molecule has 0 amide bonds. The van der Waals surface area contributed by atoms with E-state index >= 15 is 0 Å². The van der Waals surface area contributed by atoms with E-state index in [0.717, 1.165) is 0 Å². The summed E-state index contributed by atoms with van der Waals surface area (Å²) in [5.41, 5.74) is 5.11. The van der Waals surface area contributed by atoms with Gasteiger partial charge >= 0.3 is 0 Å². The van der Waals surface area contributed by atoms with Crippen LogP contribution in [0, 0.1) is 5.41 Å². The summed E-state index contributed by atoms with van der Waals surface area (Å²) in [7, 11) is 0. The minimum atomic E-state index is 0.0661. The minimum absolute atomic E-state index is 0.0661. The zero-order chi connectivity index (χ0) is 8.20. The van der Waals surface area contributed by atoms with Crippen molar-refractivity contribution in [2.24, 2.45) is 11.1 Å². The van der Waals surface area contributed by atoms with Crippen LogP contribution in [0.2, 0.25) is 0 Å². The molecule has 0 spiro atoms. The number of allylic oxidation sites excluding steroid dienone is 1. The first-order valence-electron chi connectivity index (χ1n) is 3.37. The Morgan fingerprint density at radius 3 is 2.30 bits per heavy atom. The molecule has 0 heterocycles. The molecule has 0 rings (SSSR count). The standard InChI is InChI=1S/C8H15NO/c1-8(2,3)6-7(10)4-5-9/h4-5H,6,9H2,1-3H3/b5-4+. The maximum Gasteiger partial charge on any atom is 0.157 e. The second-order valence-electron chi connectivity index (χ2n) is 3.56. The molecular weight excluding hydrogens is 126 g/mol. The average Bonchev–Trinajstić information content (AvgIpc) is 1.59. The molecule has 0 bridgehead atoms. The quantitative estimate of drug-likeness (QED) is 0.592.